The van der Waals surface area contributed by atoms with E-state index in [9.17, 15) is 26.9 Å². The molecule has 0 fully saturated rings. The summed E-state index contributed by atoms with van der Waals surface area (Å²) in [7, 11) is -7.63. The fraction of sp³-hybridized carbons (Fsp3) is 0.182. The quantitative estimate of drug-likeness (QED) is 0.189. The Morgan fingerprint density at radius 2 is 1.74 bits per heavy atom. The van der Waals surface area contributed by atoms with Gasteiger partial charge in [-0.2, -0.15) is 13.7 Å². The van der Waals surface area contributed by atoms with Crippen LogP contribution in [-0.2, 0) is 24.7 Å². The van der Waals surface area contributed by atoms with Gasteiger partial charge in [0.25, 0.3) is 5.91 Å². The van der Waals surface area contributed by atoms with E-state index in [1.807, 2.05) is 0 Å². The minimum absolute atomic E-state index is 0.00394. The number of anilines is 1. The van der Waals surface area contributed by atoms with Crippen LogP contribution in [0.5, 0.6) is 5.75 Å². The molecule has 1 amide bonds. The monoisotopic (exact) mass is 532 g/mol. The SMILES string of the molecule is CC(C)CS(=O)(=O)c1nnc(NC(=O)/C(C#N)=C\c2ccc(OS(=O)(=O)c3ccccc3)cc2)s1. The van der Waals surface area contributed by atoms with Crippen molar-refractivity contribution in [2.45, 2.75) is 23.1 Å². The van der Waals surface area contributed by atoms with Gasteiger partial charge in [-0.25, -0.2) is 8.42 Å². The molecule has 0 atom stereocenters. The van der Waals surface area contributed by atoms with Crippen LogP contribution >= 0.6 is 11.3 Å². The van der Waals surface area contributed by atoms with Gasteiger partial charge in [0.15, 0.2) is 0 Å². The zero-order valence-corrected chi connectivity index (χ0v) is 21.0. The van der Waals surface area contributed by atoms with Gasteiger partial charge in [-0.15, -0.1) is 10.2 Å². The Morgan fingerprint density at radius 1 is 1.09 bits per heavy atom. The van der Waals surface area contributed by atoms with Crippen molar-refractivity contribution in [2.24, 2.45) is 5.92 Å². The Balaban J connectivity index is 1.71. The molecule has 0 spiro atoms. The van der Waals surface area contributed by atoms with E-state index in [2.05, 4.69) is 15.5 Å². The molecule has 0 saturated carbocycles. The Kier molecular flexibility index (Phi) is 8.00. The molecule has 0 aliphatic carbocycles. The van der Waals surface area contributed by atoms with Gasteiger partial charge in [-0.3, -0.25) is 10.1 Å². The second-order valence-electron chi connectivity index (χ2n) is 7.59. The summed E-state index contributed by atoms with van der Waals surface area (Å²) >= 11 is 0.698. The lowest BCUT2D eigenvalue weighted by molar-refractivity contribution is -0.112. The highest BCUT2D eigenvalue weighted by molar-refractivity contribution is 7.93. The smallest absolute Gasteiger partial charge is 0.339 e. The Hall–Kier alpha value is -3.60. The molecule has 2 aromatic carbocycles. The van der Waals surface area contributed by atoms with Gasteiger partial charge in [0, 0.05) is 0 Å². The fourth-order valence-electron chi connectivity index (χ4n) is 2.76. The molecule has 1 N–H and O–H groups in total. The Bertz CT molecular complexity index is 1490. The van der Waals surface area contributed by atoms with Gasteiger partial charge in [0.1, 0.15) is 22.3 Å². The van der Waals surface area contributed by atoms with E-state index < -0.39 is 25.9 Å². The van der Waals surface area contributed by atoms with Crippen LogP contribution in [0.2, 0.25) is 0 Å². The molecule has 0 saturated heterocycles. The van der Waals surface area contributed by atoms with Crippen LogP contribution in [0.4, 0.5) is 5.13 Å². The highest BCUT2D eigenvalue weighted by atomic mass is 32.2. The number of rotatable bonds is 9. The van der Waals surface area contributed by atoms with Crippen molar-refractivity contribution in [1.29, 1.82) is 5.26 Å². The van der Waals surface area contributed by atoms with E-state index in [0.29, 0.717) is 16.9 Å². The molecule has 182 valence electrons. The number of hydrogen-bond acceptors (Lipinski definition) is 10. The molecule has 0 bridgehead atoms. The van der Waals surface area contributed by atoms with Crippen LogP contribution in [-0.4, -0.2) is 38.7 Å². The maximum Gasteiger partial charge on any atom is 0.339 e. The molecule has 0 aliphatic heterocycles. The van der Waals surface area contributed by atoms with Crippen LogP contribution in [0.25, 0.3) is 6.08 Å². The predicted octanol–water partition coefficient (Wildman–Crippen LogP) is 3.28. The van der Waals surface area contributed by atoms with Crippen molar-refractivity contribution in [2.75, 3.05) is 11.1 Å². The fourth-order valence-corrected chi connectivity index (χ4v) is 6.32. The van der Waals surface area contributed by atoms with Crippen molar-refractivity contribution in [3.8, 4) is 11.8 Å². The van der Waals surface area contributed by atoms with E-state index in [1.165, 1.54) is 42.5 Å². The second kappa shape index (κ2) is 10.8. The number of carbonyl (C=O) groups excluding carboxylic acids is 1. The Morgan fingerprint density at radius 3 is 2.34 bits per heavy atom. The largest absolute Gasteiger partial charge is 0.379 e. The molecule has 13 heteroatoms. The van der Waals surface area contributed by atoms with Crippen LogP contribution < -0.4 is 9.50 Å². The topological polar surface area (TPSA) is 156 Å². The number of sulfone groups is 1. The zero-order chi connectivity index (χ0) is 25.6. The van der Waals surface area contributed by atoms with E-state index in [1.54, 1.807) is 38.1 Å². The van der Waals surface area contributed by atoms with E-state index >= 15 is 0 Å². The second-order valence-corrected chi connectivity index (χ2v) is 12.3. The molecule has 1 heterocycles. The first kappa shape index (κ1) is 26.0. The van der Waals surface area contributed by atoms with Crippen LogP contribution in [0.1, 0.15) is 19.4 Å². The van der Waals surface area contributed by atoms with E-state index in [-0.39, 0.29) is 37.4 Å². The average Bonchev–Trinajstić information content (AvgIpc) is 3.27. The van der Waals surface area contributed by atoms with Gasteiger partial charge >= 0.3 is 10.1 Å². The van der Waals surface area contributed by atoms with Crippen LogP contribution in [0, 0.1) is 17.2 Å². The standard InChI is InChI=1S/C22H20N4O6S3/c1-15(2)14-34(28,29)22-26-25-21(33-22)24-20(27)17(13-23)12-16-8-10-18(11-9-16)32-35(30,31)19-6-4-3-5-7-19/h3-12,15H,14H2,1-2H3,(H,24,25,27)/b17-12-. The van der Waals surface area contributed by atoms with Gasteiger partial charge in [-0.05, 0) is 41.8 Å². The van der Waals surface area contributed by atoms with Crippen molar-refractivity contribution in [1.82, 2.24) is 10.2 Å². The maximum atomic E-state index is 12.5. The third-order valence-corrected chi connectivity index (χ3v) is 8.87. The Labute approximate surface area is 207 Å². The minimum atomic E-state index is -4.00. The number of amides is 1. The molecule has 0 radical (unpaired) electrons. The lowest BCUT2D eigenvalue weighted by atomic mass is 10.1. The summed E-state index contributed by atoms with van der Waals surface area (Å²) in [5.41, 5.74) is 0.149. The molecule has 3 rings (SSSR count). The van der Waals surface area contributed by atoms with Crippen molar-refractivity contribution in [3.05, 3.63) is 65.7 Å². The number of nitrogens with zero attached hydrogens (tertiary/aromatic N) is 3. The molecular weight excluding hydrogens is 512 g/mol. The first-order valence-corrected chi connectivity index (χ1v) is 14.0. The zero-order valence-electron chi connectivity index (χ0n) is 18.6. The molecule has 0 unspecified atom stereocenters. The van der Waals surface area contributed by atoms with Crippen molar-refractivity contribution < 1.29 is 25.8 Å². The summed E-state index contributed by atoms with van der Waals surface area (Å²) in [5.74, 6) is -0.961. The molecule has 3 aromatic rings. The van der Waals surface area contributed by atoms with Gasteiger partial charge in [0.2, 0.25) is 19.3 Å². The van der Waals surface area contributed by atoms with Crippen molar-refractivity contribution in [3.63, 3.8) is 0 Å². The predicted molar refractivity (Wildman–Crippen MR) is 130 cm³/mol. The summed E-state index contributed by atoms with van der Waals surface area (Å²) in [5, 5.41) is 19.0. The van der Waals surface area contributed by atoms with Gasteiger partial charge in [0.05, 0.1) is 5.75 Å². The molecular formula is C22H20N4O6S3. The third kappa shape index (κ3) is 6.95. The summed E-state index contributed by atoms with van der Waals surface area (Å²) in [6.07, 6.45) is 1.28. The van der Waals surface area contributed by atoms with Gasteiger partial charge in [-0.1, -0.05) is 55.5 Å². The lowest BCUT2D eigenvalue weighted by Crippen LogP contribution is -2.13. The first-order chi connectivity index (χ1) is 16.5. The molecule has 1 aromatic heterocycles. The minimum Gasteiger partial charge on any atom is -0.379 e. The number of benzene rings is 2. The van der Waals surface area contributed by atoms with Crippen molar-refractivity contribution >= 4 is 48.4 Å². The van der Waals surface area contributed by atoms with E-state index in [4.69, 9.17) is 4.18 Å². The number of nitriles is 1. The third-order valence-electron chi connectivity index (χ3n) is 4.24. The summed E-state index contributed by atoms with van der Waals surface area (Å²) in [6, 6.07) is 15.1. The molecule has 10 nitrogen and oxygen atoms in total. The maximum absolute atomic E-state index is 12.5. The highest BCUT2D eigenvalue weighted by Gasteiger charge is 2.23. The first-order valence-electron chi connectivity index (χ1n) is 10.1. The number of carbonyl (C=O) groups is 1. The number of aromatic nitrogens is 2. The summed E-state index contributed by atoms with van der Waals surface area (Å²) in [6.45, 7) is 3.51. The number of hydrogen-bond donors (Lipinski definition) is 1. The van der Waals surface area contributed by atoms with E-state index in [0.717, 1.165) is 0 Å². The number of nitrogens with one attached hydrogen (secondary N) is 1. The average molecular weight is 533 g/mol. The summed E-state index contributed by atoms with van der Waals surface area (Å²) < 4.78 is 54.0. The van der Waals surface area contributed by atoms with Crippen LogP contribution in [0.3, 0.4) is 0 Å². The highest BCUT2D eigenvalue weighted by Crippen LogP contribution is 2.24. The van der Waals surface area contributed by atoms with Gasteiger partial charge < -0.3 is 4.18 Å². The van der Waals surface area contributed by atoms with Crippen LogP contribution in [0.15, 0.2) is 69.4 Å². The normalized spacial score (nSPS) is 12.2. The molecule has 0 aliphatic rings. The molecule has 35 heavy (non-hydrogen) atoms. The lowest BCUT2D eigenvalue weighted by Gasteiger charge is -2.07. The summed E-state index contributed by atoms with van der Waals surface area (Å²) in [4.78, 5) is 12.5.